The van der Waals surface area contributed by atoms with Crippen LogP contribution in [0, 0.1) is 0 Å². The number of carboxylic acids is 2. The zero-order chi connectivity index (χ0) is 50.2. The topological polar surface area (TPSA) is 133 Å². The molecule has 0 saturated carbocycles. The van der Waals surface area contributed by atoms with Crippen molar-refractivity contribution in [1.82, 2.24) is 0 Å². The van der Waals surface area contributed by atoms with Gasteiger partial charge in [-0.25, -0.2) is 0 Å². The smallest absolute Gasteiger partial charge is 0.550 e. The molecule has 0 heterocycles. The fourth-order valence-electron chi connectivity index (χ4n) is 9.28. The quantitative estimate of drug-likeness (QED) is 0.0334. The van der Waals surface area contributed by atoms with Gasteiger partial charge in [0, 0.05) is 24.8 Å². The monoisotopic (exact) mass is 1000 g/mol. The minimum Gasteiger partial charge on any atom is -0.550 e. The van der Waals surface area contributed by atoms with Crippen molar-refractivity contribution in [3.05, 3.63) is 0 Å². The van der Waals surface area contributed by atoms with Gasteiger partial charge in [-0.2, -0.15) is 0 Å². The molecule has 2 atom stereocenters. The number of aliphatic carboxylic acids is 2. The number of hydrogen-bond donors (Lipinski definition) is 0. The minimum absolute atomic E-state index is 0. The molecule has 0 aliphatic rings. The molecule has 0 saturated heterocycles. The van der Waals surface area contributed by atoms with Crippen molar-refractivity contribution in [1.29, 1.82) is 0 Å². The van der Waals surface area contributed by atoms with Gasteiger partial charge >= 0.3 is 49.7 Å². The maximum absolute atomic E-state index is 12.2. The Hall–Kier alpha value is -0.860. The molecule has 0 aromatic rings. The van der Waals surface area contributed by atoms with Gasteiger partial charge in [-0.1, -0.05) is 259 Å². The van der Waals surface area contributed by atoms with Crippen LogP contribution in [0.2, 0.25) is 0 Å². The van der Waals surface area contributed by atoms with Gasteiger partial charge in [0.2, 0.25) is 0 Å². The maximum atomic E-state index is 12.2. The molecule has 404 valence electrons. The predicted molar refractivity (Wildman–Crippen MR) is 289 cm³/mol. The Morgan fingerprint density at radius 2 is 0.478 bits per heavy atom. The van der Waals surface area contributed by atoms with Crippen LogP contribution in [0.1, 0.15) is 349 Å². The molecule has 69 heavy (non-hydrogen) atoms. The number of carbonyl (C=O) groups excluding carboxylic acids is 4. The summed E-state index contributed by atoms with van der Waals surface area (Å²) in [5.74, 6) is -1.82. The summed E-state index contributed by atoms with van der Waals surface area (Å²) in [7, 11) is 0. The standard InChI is InChI=1S/2C30H58O4.Ca/c2*1-3-5-6-7-8-12-17-20-23-27-30(33)34-28(24-4-2)25-21-18-15-13-10-9-11-14-16-19-22-26-29(31)32;/h2*28H,3-27H2,1-2H3,(H,31,32);/q;;+2/p-2. The van der Waals surface area contributed by atoms with E-state index in [2.05, 4.69) is 27.7 Å². The largest absolute Gasteiger partial charge is 2.00 e. The molecule has 0 bridgehead atoms. The van der Waals surface area contributed by atoms with E-state index in [1.807, 2.05) is 0 Å². The summed E-state index contributed by atoms with van der Waals surface area (Å²) in [5, 5.41) is 20.7. The molecule has 0 radical (unpaired) electrons. The molecule has 8 nitrogen and oxygen atoms in total. The van der Waals surface area contributed by atoms with E-state index in [0.717, 1.165) is 116 Å². The van der Waals surface area contributed by atoms with E-state index in [-0.39, 0.29) is 74.7 Å². The molecule has 2 unspecified atom stereocenters. The zero-order valence-corrected chi connectivity index (χ0v) is 48.7. The third-order valence-corrected chi connectivity index (χ3v) is 13.6. The Bertz CT molecular complexity index is 988. The number of unbranched alkanes of at least 4 members (excludes halogenated alkanes) is 36. The van der Waals surface area contributed by atoms with Gasteiger partial charge in [0.05, 0.1) is 0 Å². The van der Waals surface area contributed by atoms with E-state index in [0.29, 0.717) is 12.8 Å². The fourth-order valence-corrected chi connectivity index (χ4v) is 9.28. The molecular formula is C60H114CaO8. The number of carbonyl (C=O) groups is 4. The Kier molecular flexibility index (Phi) is 64.5. The normalized spacial score (nSPS) is 11.9. The van der Waals surface area contributed by atoms with Crippen LogP contribution >= 0.6 is 0 Å². The molecule has 0 spiro atoms. The summed E-state index contributed by atoms with van der Waals surface area (Å²) in [5.41, 5.74) is 0. The Morgan fingerprint density at radius 3 is 0.696 bits per heavy atom. The summed E-state index contributed by atoms with van der Waals surface area (Å²) >= 11 is 0. The summed E-state index contributed by atoms with van der Waals surface area (Å²) in [4.78, 5) is 45.2. The average molecular weight is 1000 g/mol. The predicted octanol–water partition coefficient (Wildman–Crippen LogP) is 16.5. The first kappa shape index (κ1) is 72.4. The van der Waals surface area contributed by atoms with Crippen molar-refractivity contribution in [3.63, 3.8) is 0 Å². The van der Waals surface area contributed by atoms with Crippen molar-refractivity contribution >= 4 is 61.6 Å². The molecule has 0 amide bonds. The summed E-state index contributed by atoms with van der Waals surface area (Å²) in [6.45, 7) is 8.85. The van der Waals surface area contributed by atoms with Gasteiger partial charge in [0.1, 0.15) is 12.2 Å². The number of hydrogen-bond acceptors (Lipinski definition) is 8. The van der Waals surface area contributed by atoms with E-state index in [4.69, 9.17) is 9.47 Å². The average Bonchev–Trinajstić information content (AvgIpc) is 3.31. The Balaban J connectivity index is -0.00000124. The second-order valence-corrected chi connectivity index (χ2v) is 20.6. The Morgan fingerprint density at radius 1 is 0.275 bits per heavy atom. The van der Waals surface area contributed by atoms with Gasteiger partial charge in [-0.05, 0) is 77.0 Å². The van der Waals surface area contributed by atoms with Crippen molar-refractivity contribution in [2.24, 2.45) is 0 Å². The molecule has 9 heteroatoms. The molecule has 0 aromatic carbocycles. The third-order valence-electron chi connectivity index (χ3n) is 13.6. The van der Waals surface area contributed by atoms with E-state index >= 15 is 0 Å². The van der Waals surface area contributed by atoms with Crippen molar-refractivity contribution < 1.29 is 38.9 Å². The van der Waals surface area contributed by atoms with Crippen LogP contribution in [0.5, 0.6) is 0 Å². The van der Waals surface area contributed by atoms with Crippen LogP contribution in [0.3, 0.4) is 0 Å². The van der Waals surface area contributed by atoms with E-state index in [1.165, 1.54) is 180 Å². The number of carboxylic acid groups (broad SMARTS) is 2. The van der Waals surface area contributed by atoms with Crippen LogP contribution in [0.4, 0.5) is 0 Å². The summed E-state index contributed by atoms with van der Waals surface area (Å²) in [6.07, 6.45) is 56.8. The van der Waals surface area contributed by atoms with E-state index in [1.54, 1.807) is 0 Å². The first-order chi connectivity index (χ1) is 33.2. The van der Waals surface area contributed by atoms with Gasteiger partial charge in [0.15, 0.2) is 0 Å². The molecular weight excluding hydrogens is 889 g/mol. The van der Waals surface area contributed by atoms with Crippen LogP contribution in [0.15, 0.2) is 0 Å². The van der Waals surface area contributed by atoms with Crippen molar-refractivity contribution in [2.45, 2.75) is 361 Å². The molecule has 0 rings (SSSR count). The van der Waals surface area contributed by atoms with Crippen LogP contribution in [-0.2, 0) is 28.7 Å². The van der Waals surface area contributed by atoms with Crippen molar-refractivity contribution in [2.75, 3.05) is 0 Å². The van der Waals surface area contributed by atoms with Crippen molar-refractivity contribution in [3.8, 4) is 0 Å². The minimum atomic E-state index is -0.923. The van der Waals surface area contributed by atoms with Gasteiger partial charge in [0.25, 0.3) is 0 Å². The molecule has 0 aliphatic heterocycles. The number of rotatable bonds is 54. The first-order valence-corrected chi connectivity index (χ1v) is 30.0. The summed E-state index contributed by atoms with van der Waals surface area (Å²) < 4.78 is 11.6. The maximum Gasteiger partial charge on any atom is 2.00 e. The Labute approximate surface area is 458 Å². The second kappa shape index (κ2) is 61.4. The fraction of sp³-hybridized carbons (Fsp3) is 0.933. The molecule has 0 aromatic heterocycles. The molecule has 0 fully saturated rings. The zero-order valence-electron chi connectivity index (χ0n) is 46.5. The molecule has 0 aliphatic carbocycles. The van der Waals surface area contributed by atoms with Gasteiger partial charge in [-0.3, -0.25) is 9.59 Å². The van der Waals surface area contributed by atoms with Gasteiger partial charge in [-0.15, -0.1) is 0 Å². The number of ether oxygens (including phenoxy) is 2. The SMILES string of the molecule is CCCCCCCCCCCC(=O)OC(CCC)CCCCCCCCCCCCCC(=O)[O-].CCCCCCCCCCCC(=O)OC(CCC)CCCCCCCCCCCCCC(=O)[O-].[Ca+2]. The van der Waals surface area contributed by atoms with Crippen LogP contribution < -0.4 is 10.2 Å². The summed E-state index contributed by atoms with van der Waals surface area (Å²) in [6, 6.07) is 0. The van der Waals surface area contributed by atoms with Crippen LogP contribution in [-0.4, -0.2) is 73.8 Å². The second-order valence-electron chi connectivity index (χ2n) is 20.6. The first-order valence-electron chi connectivity index (χ1n) is 30.0. The van der Waals surface area contributed by atoms with E-state index in [9.17, 15) is 29.4 Å². The third kappa shape index (κ3) is 63.2. The van der Waals surface area contributed by atoms with E-state index < -0.39 is 11.9 Å². The number of esters is 2. The van der Waals surface area contributed by atoms with Crippen LogP contribution in [0.25, 0.3) is 0 Å². The molecule has 0 N–H and O–H groups in total. The van der Waals surface area contributed by atoms with Gasteiger partial charge < -0.3 is 29.3 Å².